The predicted octanol–water partition coefficient (Wildman–Crippen LogP) is 1.41. The third-order valence-electron chi connectivity index (χ3n) is 5.32. The van der Waals surface area contributed by atoms with Crippen LogP contribution in [0.2, 0.25) is 0 Å². The summed E-state index contributed by atoms with van der Waals surface area (Å²) in [4.78, 5) is 15.4. The number of nitrogens with zero attached hydrogens (tertiary/aromatic N) is 2. The van der Waals surface area contributed by atoms with Crippen molar-refractivity contribution in [3.63, 3.8) is 0 Å². The van der Waals surface area contributed by atoms with Gasteiger partial charge >= 0.3 is 0 Å². The van der Waals surface area contributed by atoms with E-state index in [2.05, 4.69) is 15.5 Å². The summed E-state index contributed by atoms with van der Waals surface area (Å²) >= 11 is 0. The van der Waals surface area contributed by atoms with Crippen LogP contribution in [0.15, 0.2) is 23.1 Å². The van der Waals surface area contributed by atoms with Crippen LogP contribution in [0.4, 0.5) is 5.69 Å². The van der Waals surface area contributed by atoms with Crippen molar-refractivity contribution in [2.75, 3.05) is 45.2 Å². The summed E-state index contributed by atoms with van der Waals surface area (Å²) in [7, 11) is -0.588. The van der Waals surface area contributed by atoms with Gasteiger partial charge in [0.2, 0.25) is 10.0 Å². The normalized spacial score (nSPS) is 21.3. The van der Waals surface area contributed by atoms with Crippen molar-refractivity contribution in [2.45, 2.75) is 43.0 Å². The highest BCUT2D eigenvalue weighted by Gasteiger charge is 2.25. The standard InChI is InChI=1S/C19H30N4O3S/c1-22(2)27(25,26)16-8-9-18(23-11-4-3-5-12-23)17(13-16)19(24)21-15-7-6-10-20-14-15/h8-9,13,15,20H,3-7,10-12,14H2,1-2H3,(H,21,24)/t15-/m0/s1. The number of carbonyl (C=O) groups excluding carboxylic acids is 1. The first-order chi connectivity index (χ1) is 12.9. The van der Waals surface area contributed by atoms with E-state index in [0.29, 0.717) is 5.56 Å². The molecule has 0 aliphatic carbocycles. The number of hydrogen-bond donors (Lipinski definition) is 2. The molecule has 1 atom stereocenters. The van der Waals surface area contributed by atoms with Crippen molar-refractivity contribution in [1.82, 2.24) is 14.9 Å². The first kappa shape index (κ1) is 20.1. The molecule has 150 valence electrons. The summed E-state index contributed by atoms with van der Waals surface area (Å²) in [6.45, 7) is 3.51. The van der Waals surface area contributed by atoms with Gasteiger partial charge in [0.25, 0.3) is 5.91 Å². The molecular weight excluding hydrogens is 364 g/mol. The topological polar surface area (TPSA) is 81.8 Å². The molecule has 2 N–H and O–H groups in total. The highest BCUT2D eigenvalue weighted by molar-refractivity contribution is 7.89. The third kappa shape index (κ3) is 4.62. The van der Waals surface area contributed by atoms with Gasteiger partial charge in [-0.15, -0.1) is 0 Å². The Morgan fingerprint density at radius 3 is 2.56 bits per heavy atom. The fourth-order valence-electron chi connectivity index (χ4n) is 3.72. The van der Waals surface area contributed by atoms with Crippen LogP contribution in [-0.2, 0) is 10.0 Å². The van der Waals surface area contributed by atoms with Crippen LogP contribution in [0.1, 0.15) is 42.5 Å². The summed E-state index contributed by atoms with van der Waals surface area (Å²) in [6, 6.07) is 5.01. The molecule has 27 heavy (non-hydrogen) atoms. The minimum Gasteiger partial charge on any atom is -0.371 e. The molecule has 1 aromatic rings. The molecule has 0 bridgehead atoms. The molecule has 2 aliphatic heterocycles. The van der Waals surface area contributed by atoms with Crippen LogP contribution in [0, 0.1) is 0 Å². The Morgan fingerprint density at radius 2 is 1.93 bits per heavy atom. The summed E-state index contributed by atoms with van der Waals surface area (Å²) in [5.74, 6) is -0.194. The van der Waals surface area contributed by atoms with Gasteiger partial charge in [0.1, 0.15) is 0 Å². The van der Waals surface area contributed by atoms with Gasteiger partial charge in [0.05, 0.1) is 10.5 Å². The quantitative estimate of drug-likeness (QED) is 0.789. The van der Waals surface area contributed by atoms with Crippen LogP contribution >= 0.6 is 0 Å². The lowest BCUT2D eigenvalue weighted by molar-refractivity contribution is 0.0931. The van der Waals surface area contributed by atoms with Gasteiger partial charge < -0.3 is 15.5 Å². The monoisotopic (exact) mass is 394 g/mol. The van der Waals surface area contributed by atoms with Crippen LogP contribution in [0.25, 0.3) is 0 Å². The van der Waals surface area contributed by atoms with Crippen molar-refractivity contribution in [3.05, 3.63) is 23.8 Å². The highest BCUT2D eigenvalue weighted by atomic mass is 32.2. The summed E-state index contributed by atoms with van der Waals surface area (Å²) in [5.41, 5.74) is 1.28. The first-order valence-corrected chi connectivity index (χ1v) is 11.2. The van der Waals surface area contributed by atoms with Gasteiger partial charge in [-0.05, 0) is 56.8 Å². The zero-order valence-corrected chi connectivity index (χ0v) is 17.0. The number of piperidine rings is 2. The molecule has 0 spiro atoms. The van der Waals surface area contributed by atoms with Gasteiger partial charge in [-0.1, -0.05) is 0 Å². The van der Waals surface area contributed by atoms with Gasteiger partial charge in [-0.25, -0.2) is 12.7 Å². The molecule has 0 radical (unpaired) electrons. The van der Waals surface area contributed by atoms with E-state index >= 15 is 0 Å². The van der Waals surface area contributed by atoms with E-state index in [9.17, 15) is 13.2 Å². The average molecular weight is 395 g/mol. The fraction of sp³-hybridized carbons (Fsp3) is 0.632. The summed E-state index contributed by atoms with van der Waals surface area (Å²) in [6.07, 6.45) is 5.34. The van der Waals surface area contributed by atoms with Crippen molar-refractivity contribution in [3.8, 4) is 0 Å². The zero-order chi connectivity index (χ0) is 19.4. The predicted molar refractivity (Wildman–Crippen MR) is 107 cm³/mol. The van der Waals surface area contributed by atoms with Crippen LogP contribution in [0.5, 0.6) is 0 Å². The number of rotatable bonds is 5. The lowest BCUT2D eigenvalue weighted by Crippen LogP contribution is -2.46. The molecule has 0 unspecified atom stereocenters. The maximum absolute atomic E-state index is 13.1. The van der Waals surface area contributed by atoms with E-state index in [1.807, 2.05) is 0 Å². The molecule has 2 fully saturated rings. The van der Waals surface area contributed by atoms with Gasteiger partial charge in [0.15, 0.2) is 0 Å². The molecular formula is C19H30N4O3S. The Bertz CT molecular complexity index is 767. The summed E-state index contributed by atoms with van der Waals surface area (Å²) in [5, 5.41) is 6.38. The minimum absolute atomic E-state index is 0.0783. The lowest BCUT2D eigenvalue weighted by atomic mass is 10.0. The highest BCUT2D eigenvalue weighted by Crippen LogP contribution is 2.28. The maximum Gasteiger partial charge on any atom is 0.253 e. The second-order valence-corrected chi connectivity index (χ2v) is 9.68. The molecule has 0 aromatic heterocycles. The largest absolute Gasteiger partial charge is 0.371 e. The Hall–Kier alpha value is -1.64. The van der Waals surface area contributed by atoms with Crippen LogP contribution in [0.3, 0.4) is 0 Å². The Balaban J connectivity index is 1.94. The zero-order valence-electron chi connectivity index (χ0n) is 16.2. The molecule has 0 saturated carbocycles. The minimum atomic E-state index is -3.59. The van der Waals surface area contributed by atoms with E-state index in [-0.39, 0.29) is 16.8 Å². The van der Waals surface area contributed by atoms with E-state index in [1.165, 1.54) is 30.9 Å². The van der Waals surface area contributed by atoms with Crippen molar-refractivity contribution in [1.29, 1.82) is 0 Å². The van der Waals surface area contributed by atoms with E-state index < -0.39 is 10.0 Å². The molecule has 2 saturated heterocycles. The Kier molecular flexibility index (Phi) is 6.39. The number of sulfonamides is 1. The van der Waals surface area contributed by atoms with Crippen LogP contribution < -0.4 is 15.5 Å². The molecule has 1 amide bonds. The van der Waals surface area contributed by atoms with E-state index in [0.717, 1.165) is 57.5 Å². The van der Waals surface area contributed by atoms with Crippen molar-refractivity contribution >= 4 is 21.6 Å². The molecule has 7 nitrogen and oxygen atoms in total. The number of nitrogens with one attached hydrogen (secondary N) is 2. The van der Waals surface area contributed by atoms with E-state index in [1.54, 1.807) is 12.1 Å². The first-order valence-electron chi connectivity index (χ1n) is 9.72. The maximum atomic E-state index is 13.1. The molecule has 1 aromatic carbocycles. The number of benzene rings is 1. The van der Waals surface area contributed by atoms with Gasteiger partial charge in [-0.3, -0.25) is 4.79 Å². The van der Waals surface area contributed by atoms with Gasteiger partial charge in [-0.2, -0.15) is 0 Å². The lowest BCUT2D eigenvalue weighted by Gasteiger charge is -2.31. The number of hydrogen-bond acceptors (Lipinski definition) is 5. The van der Waals surface area contributed by atoms with Crippen molar-refractivity contribution < 1.29 is 13.2 Å². The van der Waals surface area contributed by atoms with Crippen molar-refractivity contribution in [2.24, 2.45) is 0 Å². The molecule has 2 aliphatic rings. The number of amides is 1. The molecule has 2 heterocycles. The average Bonchev–Trinajstić information content (AvgIpc) is 2.68. The Morgan fingerprint density at radius 1 is 1.19 bits per heavy atom. The van der Waals surface area contributed by atoms with E-state index in [4.69, 9.17) is 0 Å². The summed E-state index contributed by atoms with van der Waals surface area (Å²) < 4.78 is 26.3. The second kappa shape index (κ2) is 8.58. The second-order valence-electron chi connectivity index (χ2n) is 7.53. The number of anilines is 1. The molecule has 8 heteroatoms. The van der Waals surface area contributed by atoms with Gasteiger partial charge in [0, 0.05) is 45.5 Å². The van der Waals surface area contributed by atoms with Crippen LogP contribution in [-0.4, -0.2) is 64.9 Å². The molecule has 3 rings (SSSR count). The Labute approximate surface area is 162 Å². The fourth-order valence-corrected chi connectivity index (χ4v) is 4.65. The third-order valence-corrected chi connectivity index (χ3v) is 7.13. The number of carbonyl (C=O) groups is 1. The SMILES string of the molecule is CN(C)S(=O)(=O)c1ccc(N2CCCCC2)c(C(=O)N[C@H]2CCCNC2)c1. The smallest absolute Gasteiger partial charge is 0.253 e.